The molecule has 3 heterocycles. The summed E-state index contributed by atoms with van der Waals surface area (Å²) in [6.45, 7) is 8.09. The third kappa shape index (κ3) is 2.50. The first-order chi connectivity index (χ1) is 10.2. The van der Waals surface area contributed by atoms with E-state index in [2.05, 4.69) is 33.3 Å². The van der Waals surface area contributed by atoms with Gasteiger partial charge in [0, 0.05) is 32.4 Å². The van der Waals surface area contributed by atoms with Gasteiger partial charge >= 0.3 is 0 Å². The molecule has 0 saturated carbocycles. The van der Waals surface area contributed by atoms with Crippen molar-refractivity contribution < 1.29 is 4.74 Å². The van der Waals surface area contributed by atoms with Gasteiger partial charge in [-0.3, -0.25) is 0 Å². The Balaban J connectivity index is 2.10. The van der Waals surface area contributed by atoms with Crippen LogP contribution < -0.4 is 4.90 Å². The number of methoxy groups -OCH3 is 1. The Hall–Kier alpha value is -1.62. The van der Waals surface area contributed by atoms with Crippen molar-refractivity contribution in [2.24, 2.45) is 0 Å². The Morgan fingerprint density at radius 3 is 2.62 bits per heavy atom. The van der Waals surface area contributed by atoms with Gasteiger partial charge in [0.05, 0.1) is 12.0 Å². The van der Waals surface area contributed by atoms with Gasteiger partial charge in [-0.15, -0.1) is 0 Å². The van der Waals surface area contributed by atoms with Crippen LogP contribution in [0.25, 0.3) is 11.0 Å². The van der Waals surface area contributed by atoms with Gasteiger partial charge < -0.3 is 14.2 Å². The molecule has 5 heteroatoms. The second-order valence-corrected chi connectivity index (χ2v) is 5.80. The second-order valence-electron chi connectivity index (χ2n) is 5.80. The molecule has 0 bridgehead atoms. The van der Waals surface area contributed by atoms with E-state index >= 15 is 0 Å². The van der Waals surface area contributed by atoms with Crippen LogP contribution in [0.5, 0.6) is 0 Å². The van der Waals surface area contributed by atoms with Crippen LogP contribution in [0.2, 0.25) is 0 Å². The molecule has 0 radical (unpaired) electrons. The van der Waals surface area contributed by atoms with E-state index in [9.17, 15) is 0 Å². The summed E-state index contributed by atoms with van der Waals surface area (Å²) in [5, 5.41) is 1.22. The number of aromatic nitrogens is 3. The highest BCUT2D eigenvalue weighted by atomic mass is 16.5. The number of nitrogens with zero attached hydrogens (tertiary/aromatic N) is 4. The zero-order valence-corrected chi connectivity index (χ0v) is 13.2. The Morgan fingerprint density at radius 1 is 1.14 bits per heavy atom. The second kappa shape index (κ2) is 6.02. The third-order valence-electron chi connectivity index (χ3n) is 4.56. The number of fused-ring (bicyclic) bond motifs is 1. The van der Waals surface area contributed by atoms with E-state index in [4.69, 9.17) is 4.74 Å². The number of ether oxygens (including phenoxy) is 1. The number of piperidine rings is 1. The molecule has 2 aromatic heterocycles. The zero-order valence-electron chi connectivity index (χ0n) is 13.2. The van der Waals surface area contributed by atoms with Gasteiger partial charge in [-0.1, -0.05) is 0 Å². The van der Waals surface area contributed by atoms with Crippen LogP contribution in [0.1, 0.15) is 30.5 Å². The minimum absolute atomic E-state index is 0.701. The molecule has 1 aliphatic rings. The molecular weight excluding hydrogens is 264 g/mol. The Bertz CT molecular complexity index is 629. The van der Waals surface area contributed by atoms with Crippen molar-refractivity contribution in [2.45, 2.75) is 39.7 Å². The molecule has 5 nitrogen and oxygen atoms in total. The molecule has 0 unspecified atom stereocenters. The number of hydrogen-bond acceptors (Lipinski definition) is 4. The normalized spacial score (nSPS) is 15.9. The van der Waals surface area contributed by atoms with Crippen molar-refractivity contribution in [1.29, 1.82) is 0 Å². The van der Waals surface area contributed by atoms with E-state index in [1.807, 2.05) is 0 Å². The quantitative estimate of drug-likeness (QED) is 0.867. The van der Waals surface area contributed by atoms with Crippen LogP contribution in [0.3, 0.4) is 0 Å². The highest BCUT2D eigenvalue weighted by molar-refractivity contribution is 5.92. The lowest BCUT2D eigenvalue weighted by Gasteiger charge is -2.28. The molecule has 0 atom stereocenters. The van der Waals surface area contributed by atoms with Crippen LogP contribution in [0.4, 0.5) is 5.82 Å². The summed E-state index contributed by atoms with van der Waals surface area (Å²) in [5.41, 5.74) is 3.60. The van der Waals surface area contributed by atoms with Crippen molar-refractivity contribution in [1.82, 2.24) is 14.5 Å². The van der Waals surface area contributed by atoms with Gasteiger partial charge in [-0.05, 0) is 38.7 Å². The molecule has 1 fully saturated rings. The van der Waals surface area contributed by atoms with E-state index in [0.29, 0.717) is 6.61 Å². The van der Waals surface area contributed by atoms with Crippen LogP contribution in [0.15, 0.2) is 6.33 Å². The summed E-state index contributed by atoms with van der Waals surface area (Å²) in [6.07, 6.45) is 5.55. The lowest BCUT2D eigenvalue weighted by molar-refractivity contribution is 0.187. The molecular formula is C16H24N4O. The smallest absolute Gasteiger partial charge is 0.146 e. The minimum atomic E-state index is 0.701. The molecule has 2 aromatic rings. The summed E-state index contributed by atoms with van der Waals surface area (Å²) < 4.78 is 7.48. The summed E-state index contributed by atoms with van der Waals surface area (Å²) in [5.74, 6) is 1.11. The number of hydrogen-bond donors (Lipinski definition) is 0. The maximum atomic E-state index is 5.23. The van der Waals surface area contributed by atoms with E-state index in [-0.39, 0.29) is 0 Å². The van der Waals surface area contributed by atoms with E-state index in [1.165, 1.54) is 35.9 Å². The van der Waals surface area contributed by atoms with E-state index in [0.717, 1.165) is 31.1 Å². The van der Waals surface area contributed by atoms with Crippen molar-refractivity contribution in [3.05, 3.63) is 17.6 Å². The average Bonchev–Trinajstić information content (AvgIpc) is 2.78. The third-order valence-corrected chi connectivity index (χ3v) is 4.56. The van der Waals surface area contributed by atoms with Gasteiger partial charge in [0.1, 0.15) is 17.8 Å². The number of aryl methyl sites for hydroxylation is 1. The first kappa shape index (κ1) is 14.3. The fourth-order valence-electron chi connectivity index (χ4n) is 3.25. The summed E-state index contributed by atoms with van der Waals surface area (Å²) in [4.78, 5) is 11.6. The standard InChI is InChI=1S/C16H24N4O/c1-12-13(2)20(9-10-21-3)16-14(12)15(17-11-18-16)19-7-5-4-6-8-19/h11H,4-10H2,1-3H3. The molecule has 1 saturated heterocycles. The lowest BCUT2D eigenvalue weighted by atomic mass is 10.1. The lowest BCUT2D eigenvalue weighted by Crippen LogP contribution is -2.30. The topological polar surface area (TPSA) is 43.2 Å². The SMILES string of the molecule is COCCn1c(C)c(C)c2c(N3CCCCC3)ncnc21. The zero-order chi connectivity index (χ0) is 14.8. The van der Waals surface area contributed by atoms with Gasteiger partial charge in [0.2, 0.25) is 0 Å². The molecule has 3 rings (SSSR count). The highest BCUT2D eigenvalue weighted by Crippen LogP contribution is 2.31. The van der Waals surface area contributed by atoms with Gasteiger partial charge in [0.25, 0.3) is 0 Å². The van der Waals surface area contributed by atoms with E-state index in [1.54, 1.807) is 13.4 Å². The Morgan fingerprint density at radius 2 is 1.90 bits per heavy atom. The van der Waals surface area contributed by atoms with Crippen molar-refractivity contribution in [2.75, 3.05) is 31.7 Å². The molecule has 0 aliphatic carbocycles. The highest BCUT2D eigenvalue weighted by Gasteiger charge is 2.21. The fourth-order valence-corrected chi connectivity index (χ4v) is 3.25. The molecule has 0 spiro atoms. The van der Waals surface area contributed by atoms with Crippen LogP contribution in [-0.2, 0) is 11.3 Å². The first-order valence-corrected chi connectivity index (χ1v) is 7.78. The van der Waals surface area contributed by atoms with E-state index < -0.39 is 0 Å². The fraction of sp³-hybridized carbons (Fsp3) is 0.625. The summed E-state index contributed by atoms with van der Waals surface area (Å²) in [6, 6.07) is 0. The minimum Gasteiger partial charge on any atom is -0.383 e. The van der Waals surface area contributed by atoms with Crippen molar-refractivity contribution >= 4 is 16.9 Å². The van der Waals surface area contributed by atoms with Gasteiger partial charge in [-0.2, -0.15) is 0 Å². The van der Waals surface area contributed by atoms with Crippen LogP contribution >= 0.6 is 0 Å². The predicted octanol–water partition coefficient (Wildman–Crippen LogP) is 2.68. The Kier molecular flexibility index (Phi) is 4.10. The summed E-state index contributed by atoms with van der Waals surface area (Å²) >= 11 is 0. The molecule has 21 heavy (non-hydrogen) atoms. The van der Waals surface area contributed by atoms with Crippen molar-refractivity contribution in [3.63, 3.8) is 0 Å². The maximum absolute atomic E-state index is 5.23. The predicted molar refractivity (Wildman–Crippen MR) is 84.9 cm³/mol. The molecule has 0 amide bonds. The molecule has 0 aromatic carbocycles. The maximum Gasteiger partial charge on any atom is 0.146 e. The first-order valence-electron chi connectivity index (χ1n) is 7.78. The van der Waals surface area contributed by atoms with Crippen LogP contribution in [0, 0.1) is 13.8 Å². The number of anilines is 1. The van der Waals surface area contributed by atoms with Gasteiger partial charge in [-0.25, -0.2) is 9.97 Å². The largest absolute Gasteiger partial charge is 0.383 e. The van der Waals surface area contributed by atoms with Crippen molar-refractivity contribution in [3.8, 4) is 0 Å². The van der Waals surface area contributed by atoms with Crippen LogP contribution in [-0.4, -0.2) is 41.3 Å². The Labute approximate surface area is 125 Å². The molecule has 0 N–H and O–H groups in total. The summed E-state index contributed by atoms with van der Waals surface area (Å²) in [7, 11) is 1.74. The monoisotopic (exact) mass is 288 g/mol. The molecule has 114 valence electrons. The number of rotatable bonds is 4. The van der Waals surface area contributed by atoms with Gasteiger partial charge in [0.15, 0.2) is 0 Å². The molecule has 1 aliphatic heterocycles. The average molecular weight is 288 g/mol.